The van der Waals surface area contributed by atoms with Gasteiger partial charge in [-0.1, -0.05) is 43.6 Å². The normalized spacial score (nSPS) is 16.2. The number of hydrogen-bond donors (Lipinski definition) is 1. The summed E-state index contributed by atoms with van der Waals surface area (Å²) in [6, 6.07) is 8.37. The van der Waals surface area contributed by atoms with E-state index in [4.69, 9.17) is 11.6 Å². The zero-order chi connectivity index (χ0) is 15.2. The largest absolute Gasteiger partial charge is 0.354 e. The molecule has 1 atom stereocenters. The second kappa shape index (κ2) is 7.66. The second-order valence-corrected chi connectivity index (χ2v) is 5.67. The van der Waals surface area contributed by atoms with Crippen molar-refractivity contribution in [3.63, 3.8) is 0 Å². The smallest absolute Gasteiger partial charge is 0.193 e. The van der Waals surface area contributed by atoms with Gasteiger partial charge < -0.3 is 10.2 Å². The molecule has 0 spiro atoms. The van der Waals surface area contributed by atoms with Gasteiger partial charge in [-0.3, -0.25) is 9.89 Å². The first-order valence-corrected chi connectivity index (χ1v) is 8.03. The summed E-state index contributed by atoms with van der Waals surface area (Å²) in [5, 5.41) is 4.31. The van der Waals surface area contributed by atoms with Gasteiger partial charge in [0.15, 0.2) is 5.96 Å². The van der Waals surface area contributed by atoms with Gasteiger partial charge in [-0.25, -0.2) is 0 Å². The van der Waals surface area contributed by atoms with Gasteiger partial charge in [0.2, 0.25) is 0 Å². The van der Waals surface area contributed by atoms with E-state index >= 15 is 0 Å². The minimum Gasteiger partial charge on any atom is -0.354 e. The van der Waals surface area contributed by atoms with Crippen LogP contribution in [0.1, 0.15) is 25.5 Å². The van der Waals surface area contributed by atoms with Crippen LogP contribution in [0.2, 0.25) is 5.02 Å². The highest BCUT2D eigenvalue weighted by molar-refractivity contribution is 6.31. The van der Waals surface area contributed by atoms with Crippen molar-refractivity contribution in [2.45, 2.75) is 19.9 Å². The summed E-state index contributed by atoms with van der Waals surface area (Å²) >= 11 is 6.41. The summed E-state index contributed by atoms with van der Waals surface area (Å²) in [6.07, 6.45) is 0. The first-order chi connectivity index (χ1) is 10.2. The maximum atomic E-state index is 6.41. The fourth-order valence-electron chi connectivity index (χ4n) is 2.76. The lowest BCUT2D eigenvalue weighted by atomic mass is 10.0. The zero-order valence-electron chi connectivity index (χ0n) is 13.1. The van der Waals surface area contributed by atoms with Gasteiger partial charge in [0.25, 0.3) is 0 Å². The van der Waals surface area contributed by atoms with E-state index in [1.807, 2.05) is 12.1 Å². The van der Waals surface area contributed by atoms with Crippen LogP contribution in [0.4, 0.5) is 0 Å². The van der Waals surface area contributed by atoms with E-state index in [0.29, 0.717) is 0 Å². The number of benzene rings is 1. The van der Waals surface area contributed by atoms with Gasteiger partial charge in [-0.15, -0.1) is 0 Å². The maximum absolute atomic E-state index is 6.41. The molecule has 1 aliphatic rings. The Hall–Kier alpha value is -1.26. The van der Waals surface area contributed by atoms with Gasteiger partial charge in [-0.2, -0.15) is 0 Å². The number of halogens is 1. The lowest BCUT2D eigenvalue weighted by Crippen LogP contribution is -2.42. The standard InChI is InChI=1S/C16H25ClN4/c1-4-21(5-2)15(13-8-6-7-9-14(13)17)12-19-16-18-10-11-20(16)3/h6-9,15H,4-5,10-12H2,1-3H3,(H,18,19). The van der Waals surface area contributed by atoms with Crippen LogP contribution in [0.3, 0.4) is 0 Å². The highest BCUT2D eigenvalue weighted by Crippen LogP contribution is 2.27. The van der Waals surface area contributed by atoms with Crippen molar-refractivity contribution in [1.29, 1.82) is 0 Å². The predicted octanol–water partition coefficient (Wildman–Crippen LogP) is 2.61. The van der Waals surface area contributed by atoms with Crippen LogP contribution in [-0.2, 0) is 0 Å². The molecule has 1 unspecified atom stereocenters. The van der Waals surface area contributed by atoms with Gasteiger partial charge >= 0.3 is 0 Å². The van der Waals surface area contributed by atoms with E-state index in [-0.39, 0.29) is 6.04 Å². The van der Waals surface area contributed by atoms with Gasteiger partial charge in [0.05, 0.1) is 12.6 Å². The molecule has 0 radical (unpaired) electrons. The number of rotatable bonds is 6. The van der Waals surface area contributed by atoms with Crippen molar-refractivity contribution in [2.24, 2.45) is 4.99 Å². The molecule has 1 aromatic carbocycles. The molecule has 0 saturated heterocycles. The van der Waals surface area contributed by atoms with Crippen molar-refractivity contribution in [2.75, 3.05) is 39.8 Å². The van der Waals surface area contributed by atoms with Gasteiger partial charge in [-0.05, 0) is 24.7 Å². The summed E-state index contributed by atoms with van der Waals surface area (Å²) in [4.78, 5) is 9.07. The molecule has 0 bridgehead atoms. The highest BCUT2D eigenvalue weighted by atomic mass is 35.5. The minimum absolute atomic E-state index is 0.255. The van der Waals surface area contributed by atoms with Crippen LogP contribution >= 0.6 is 11.6 Å². The second-order valence-electron chi connectivity index (χ2n) is 5.27. The van der Waals surface area contributed by atoms with E-state index in [9.17, 15) is 0 Å². The highest BCUT2D eigenvalue weighted by Gasteiger charge is 2.22. The Labute approximate surface area is 132 Å². The number of likely N-dealkylation sites (N-methyl/N-ethyl adjacent to an activating group) is 2. The molecule has 0 fully saturated rings. The molecule has 21 heavy (non-hydrogen) atoms. The molecular weight excluding hydrogens is 284 g/mol. The van der Waals surface area contributed by atoms with Crippen molar-refractivity contribution in [1.82, 2.24) is 15.1 Å². The molecule has 1 N–H and O–H groups in total. The number of aliphatic imine (C=N–C) groups is 1. The van der Waals surface area contributed by atoms with E-state index in [0.717, 1.165) is 43.7 Å². The molecule has 0 saturated carbocycles. The van der Waals surface area contributed by atoms with Crippen LogP contribution in [-0.4, -0.2) is 55.5 Å². The molecule has 116 valence electrons. The van der Waals surface area contributed by atoms with Crippen molar-refractivity contribution in [3.8, 4) is 0 Å². The third-order valence-corrected chi connectivity index (χ3v) is 4.37. The van der Waals surface area contributed by atoms with E-state index in [1.54, 1.807) is 0 Å². The van der Waals surface area contributed by atoms with Crippen LogP contribution in [0, 0.1) is 0 Å². The van der Waals surface area contributed by atoms with Crippen LogP contribution in [0.5, 0.6) is 0 Å². The predicted molar refractivity (Wildman–Crippen MR) is 90.0 cm³/mol. The third-order valence-electron chi connectivity index (χ3n) is 4.03. The lowest BCUT2D eigenvalue weighted by Gasteiger charge is -2.31. The maximum Gasteiger partial charge on any atom is 0.193 e. The minimum atomic E-state index is 0.255. The SMILES string of the molecule is CCN(CC)C(CNC1=NCCN1C)c1ccccc1Cl. The van der Waals surface area contributed by atoms with Crippen molar-refractivity contribution >= 4 is 17.6 Å². The number of nitrogens with zero attached hydrogens (tertiary/aromatic N) is 3. The van der Waals surface area contributed by atoms with Crippen LogP contribution in [0.15, 0.2) is 29.3 Å². The van der Waals surface area contributed by atoms with E-state index in [1.165, 1.54) is 5.56 Å². The monoisotopic (exact) mass is 308 g/mol. The molecule has 0 aromatic heterocycles. The first-order valence-electron chi connectivity index (χ1n) is 7.65. The Bertz CT molecular complexity index is 485. The average molecular weight is 309 g/mol. The lowest BCUT2D eigenvalue weighted by molar-refractivity contribution is 0.218. The van der Waals surface area contributed by atoms with E-state index < -0.39 is 0 Å². The van der Waals surface area contributed by atoms with Crippen molar-refractivity contribution < 1.29 is 0 Å². The third kappa shape index (κ3) is 3.89. The Kier molecular flexibility index (Phi) is 5.88. The topological polar surface area (TPSA) is 30.9 Å². The fourth-order valence-corrected chi connectivity index (χ4v) is 3.02. The molecule has 4 nitrogen and oxygen atoms in total. The molecule has 0 aliphatic carbocycles. The molecular formula is C16H25ClN4. The zero-order valence-corrected chi connectivity index (χ0v) is 13.9. The number of guanidine groups is 1. The molecule has 1 aliphatic heterocycles. The van der Waals surface area contributed by atoms with Gasteiger partial charge in [0.1, 0.15) is 0 Å². The molecule has 0 amide bonds. The quantitative estimate of drug-likeness (QED) is 0.876. The van der Waals surface area contributed by atoms with Crippen LogP contribution < -0.4 is 5.32 Å². The first kappa shape index (κ1) is 16.1. The Morgan fingerprint density at radius 2 is 2.05 bits per heavy atom. The Balaban J connectivity index is 2.14. The summed E-state index contributed by atoms with van der Waals surface area (Å²) in [5.41, 5.74) is 1.18. The van der Waals surface area contributed by atoms with E-state index in [2.05, 4.69) is 53.1 Å². The van der Waals surface area contributed by atoms with Crippen molar-refractivity contribution in [3.05, 3.63) is 34.9 Å². The summed E-state index contributed by atoms with van der Waals surface area (Å²) in [7, 11) is 2.07. The summed E-state index contributed by atoms with van der Waals surface area (Å²) < 4.78 is 0. The molecule has 2 rings (SSSR count). The summed E-state index contributed by atoms with van der Waals surface area (Å²) in [6.45, 7) is 9.05. The Morgan fingerprint density at radius 3 is 2.62 bits per heavy atom. The van der Waals surface area contributed by atoms with Crippen LogP contribution in [0.25, 0.3) is 0 Å². The van der Waals surface area contributed by atoms with Gasteiger partial charge in [0, 0.05) is 25.2 Å². The fraction of sp³-hybridized carbons (Fsp3) is 0.562. The average Bonchev–Trinajstić information content (AvgIpc) is 2.90. The molecule has 1 heterocycles. The number of hydrogen-bond acceptors (Lipinski definition) is 4. The number of nitrogens with one attached hydrogen (secondary N) is 1. The molecule has 5 heteroatoms. The Morgan fingerprint density at radius 1 is 1.33 bits per heavy atom. The summed E-state index contributed by atoms with van der Waals surface area (Å²) in [5.74, 6) is 0.985. The molecule has 1 aromatic rings.